The number of carboxylic acid groups (broad SMARTS) is 1. The van der Waals surface area contributed by atoms with E-state index in [1.165, 1.54) is 6.07 Å². The first-order valence-electron chi connectivity index (χ1n) is 5.52. The fraction of sp³-hybridized carbons (Fsp3) is 0.167. The Labute approximate surface area is 107 Å². The molecule has 0 unspecified atom stereocenters. The molecule has 1 aromatic carbocycles. The Morgan fingerprint density at radius 2 is 2.21 bits per heavy atom. The summed E-state index contributed by atoms with van der Waals surface area (Å²) in [6, 6.07) is 2.44. The van der Waals surface area contributed by atoms with Gasteiger partial charge in [-0.05, 0) is 24.1 Å². The summed E-state index contributed by atoms with van der Waals surface area (Å²) in [6.07, 6.45) is 1.82. The number of benzene rings is 1. The summed E-state index contributed by atoms with van der Waals surface area (Å²) in [5.41, 5.74) is 6.90. The summed E-state index contributed by atoms with van der Waals surface area (Å²) in [4.78, 5) is 13.5. The van der Waals surface area contributed by atoms with Crippen molar-refractivity contribution in [3.8, 4) is 0 Å². The van der Waals surface area contributed by atoms with E-state index in [1.54, 1.807) is 6.20 Å². The fourth-order valence-electron chi connectivity index (χ4n) is 1.96. The Morgan fingerprint density at radius 1 is 1.47 bits per heavy atom. The van der Waals surface area contributed by atoms with Gasteiger partial charge in [0.15, 0.2) is 5.84 Å². The number of oxime groups is 1. The lowest BCUT2D eigenvalue weighted by atomic mass is 10.0. The predicted molar refractivity (Wildman–Crippen MR) is 66.7 cm³/mol. The van der Waals surface area contributed by atoms with Crippen molar-refractivity contribution in [2.75, 3.05) is 0 Å². The zero-order chi connectivity index (χ0) is 14.0. The number of rotatable bonds is 4. The summed E-state index contributed by atoms with van der Waals surface area (Å²) in [5, 5.41) is 20.7. The number of nitrogens with one attached hydrogen (secondary N) is 1. The second kappa shape index (κ2) is 4.97. The van der Waals surface area contributed by atoms with Gasteiger partial charge in [0, 0.05) is 23.6 Å². The highest BCUT2D eigenvalue weighted by atomic mass is 19.1. The summed E-state index contributed by atoms with van der Waals surface area (Å²) in [5.74, 6) is -1.68. The molecule has 0 amide bonds. The van der Waals surface area contributed by atoms with Crippen LogP contribution in [-0.4, -0.2) is 27.1 Å². The average Bonchev–Trinajstić information content (AvgIpc) is 2.77. The highest BCUT2D eigenvalue weighted by Crippen LogP contribution is 2.24. The van der Waals surface area contributed by atoms with Crippen LogP contribution < -0.4 is 5.73 Å². The molecule has 2 aromatic rings. The lowest BCUT2D eigenvalue weighted by Crippen LogP contribution is -2.14. The van der Waals surface area contributed by atoms with E-state index in [0.29, 0.717) is 16.5 Å². The van der Waals surface area contributed by atoms with Gasteiger partial charge >= 0.3 is 5.97 Å². The summed E-state index contributed by atoms with van der Waals surface area (Å²) < 4.78 is 13.5. The summed E-state index contributed by atoms with van der Waals surface area (Å²) in [7, 11) is 0. The fourth-order valence-corrected chi connectivity index (χ4v) is 1.96. The molecule has 0 saturated carbocycles. The third kappa shape index (κ3) is 2.49. The molecule has 100 valence electrons. The van der Waals surface area contributed by atoms with Gasteiger partial charge in [-0.3, -0.25) is 4.79 Å². The normalized spacial score (nSPS) is 11.9. The predicted octanol–water partition coefficient (Wildman–Crippen LogP) is 1.42. The van der Waals surface area contributed by atoms with E-state index in [-0.39, 0.29) is 24.2 Å². The van der Waals surface area contributed by atoms with E-state index in [0.717, 1.165) is 6.07 Å². The van der Waals surface area contributed by atoms with Crippen molar-refractivity contribution in [1.82, 2.24) is 4.98 Å². The molecule has 5 N–H and O–H groups in total. The average molecular weight is 265 g/mol. The van der Waals surface area contributed by atoms with E-state index in [1.807, 2.05) is 0 Å². The quantitative estimate of drug-likeness (QED) is 0.290. The first-order chi connectivity index (χ1) is 9.02. The molecule has 0 aliphatic rings. The lowest BCUT2D eigenvalue weighted by molar-refractivity contribution is -0.136. The van der Waals surface area contributed by atoms with Gasteiger partial charge in [-0.1, -0.05) is 5.16 Å². The Bertz CT molecular complexity index is 664. The van der Waals surface area contributed by atoms with Crippen LogP contribution in [-0.2, 0) is 11.2 Å². The standard InChI is InChI=1S/C12H12FN3O3/c13-7-3-8-6(1-2-10(17)18)5-15-11(8)9(4-7)12(14)16-19/h3-5,15,19H,1-2H2,(H2,14,16)(H,17,18). The Kier molecular flexibility index (Phi) is 3.37. The number of nitrogens with two attached hydrogens (primary N) is 1. The molecule has 0 spiro atoms. The van der Waals surface area contributed by atoms with Crippen molar-refractivity contribution in [2.45, 2.75) is 12.8 Å². The second-order valence-corrected chi connectivity index (χ2v) is 4.07. The number of hydrogen-bond donors (Lipinski definition) is 4. The number of amidine groups is 1. The van der Waals surface area contributed by atoms with Crippen molar-refractivity contribution in [2.24, 2.45) is 10.9 Å². The first-order valence-corrected chi connectivity index (χ1v) is 5.52. The summed E-state index contributed by atoms with van der Waals surface area (Å²) >= 11 is 0. The maximum Gasteiger partial charge on any atom is 0.303 e. The van der Waals surface area contributed by atoms with Gasteiger partial charge in [0.05, 0.1) is 5.52 Å². The van der Waals surface area contributed by atoms with Gasteiger partial charge in [0.1, 0.15) is 5.82 Å². The van der Waals surface area contributed by atoms with Crippen molar-refractivity contribution >= 4 is 22.7 Å². The molecule has 0 atom stereocenters. The van der Waals surface area contributed by atoms with Gasteiger partial charge in [-0.15, -0.1) is 0 Å². The topological polar surface area (TPSA) is 112 Å². The number of H-pyrrole nitrogens is 1. The molecule has 19 heavy (non-hydrogen) atoms. The second-order valence-electron chi connectivity index (χ2n) is 4.07. The number of aryl methyl sites for hydroxylation is 1. The molecule has 1 aromatic heterocycles. The number of nitrogens with zero attached hydrogens (tertiary/aromatic N) is 1. The number of carboxylic acids is 1. The van der Waals surface area contributed by atoms with Gasteiger partial charge in [-0.2, -0.15) is 0 Å². The third-order valence-electron chi connectivity index (χ3n) is 2.83. The van der Waals surface area contributed by atoms with Gasteiger partial charge < -0.3 is 21.0 Å². The van der Waals surface area contributed by atoms with E-state index >= 15 is 0 Å². The lowest BCUT2D eigenvalue weighted by Gasteiger charge is -2.03. The minimum Gasteiger partial charge on any atom is -0.481 e. The molecule has 0 bridgehead atoms. The number of carbonyl (C=O) groups is 1. The van der Waals surface area contributed by atoms with E-state index in [9.17, 15) is 9.18 Å². The van der Waals surface area contributed by atoms with Crippen molar-refractivity contribution in [3.05, 3.63) is 35.3 Å². The van der Waals surface area contributed by atoms with Gasteiger partial charge in [-0.25, -0.2) is 4.39 Å². The van der Waals surface area contributed by atoms with Crippen LogP contribution in [0.1, 0.15) is 17.5 Å². The van der Waals surface area contributed by atoms with E-state index in [2.05, 4.69) is 10.1 Å². The number of halogens is 1. The van der Waals surface area contributed by atoms with E-state index in [4.69, 9.17) is 16.0 Å². The molecular formula is C12H12FN3O3. The van der Waals surface area contributed by atoms with Crippen LogP contribution in [0.2, 0.25) is 0 Å². The minimum absolute atomic E-state index is 0.0532. The van der Waals surface area contributed by atoms with Crippen LogP contribution in [0.4, 0.5) is 4.39 Å². The smallest absolute Gasteiger partial charge is 0.303 e. The highest BCUT2D eigenvalue weighted by molar-refractivity contribution is 6.08. The molecule has 0 radical (unpaired) electrons. The van der Waals surface area contributed by atoms with Crippen molar-refractivity contribution < 1.29 is 19.5 Å². The molecule has 7 heteroatoms. The molecule has 2 rings (SSSR count). The number of aromatic amines is 1. The van der Waals surface area contributed by atoms with Crippen LogP contribution in [0.5, 0.6) is 0 Å². The van der Waals surface area contributed by atoms with Crippen molar-refractivity contribution in [3.63, 3.8) is 0 Å². The summed E-state index contributed by atoms with van der Waals surface area (Å²) in [6.45, 7) is 0. The van der Waals surface area contributed by atoms with Crippen LogP contribution >= 0.6 is 0 Å². The molecule has 1 heterocycles. The Hall–Kier alpha value is -2.57. The van der Waals surface area contributed by atoms with Crippen molar-refractivity contribution in [1.29, 1.82) is 0 Å². The largest absolute Gasteiger partial charge is 0.481 e. The maximum absolute atomic E-state index is 13.5. The molecule has 0 fully saturated rings. The van der Waals surface area contributed by atoms with Crippen LogP contribution in [0.25, 0.3) is 10.9 Å². The first kappa shape index (κ1) is 12.9. The monoisotopic (exact) mass is 265 g/mol. The Morgan fingerprint density at radius 3 is 2.84 bits per heavy atom. The van der Waals surface area contributed by atoms with Crippen LogP contribution in [0, 0.1) is 5.82 Å². The zero-order valence-corrected chi connectivity index (χ0v) is 9.85. The minimum atomic E-state index is -0.928. The zero-order valence-electron chi connectivity index (χ0n) is 9.85. The van der Waals surface area contributed by atoms with Gasteiger partial charge in [0.2, 0.25) is 0 Å². The molecule has 0 saturated heterocycles. The number of hydrogen-bond acceptors (Lipinski definition) is 3. The molecule has 6 nitrogen and oxygen atoms in total. The van der Waals surface area contributed by atoms with Gasteiger partial charge in [0.25, 0.3) is 0 Å². The number of aliphatic carboxylic acids is 1. The molecule has 0 aliphatic heterocycles. The maximum atomic E-state index is 13.5. The highest BCUT2D eigenvalue weighted by Gasteiger charge is 2.13. The molecule has 0 aliphatic carbocycles. The Balaban J connectivity index is 2.54. The SMILES string of the molecule is N/C(=N\O)c1cc(F)cc2c(CCC(=O)O)c[nH]c12. The third-order valence-corrected chi connectivity index (χ3v) is 2.83. The number of aromatic nitrogens is 1. The van der Waals surface area contributed by atoms with E-state index < -0.39 is 11.8 Å². The number of fused-ring (bicyclic) bond motifs is 1. The van der Waals surface area contributed by atoms with Crippen LogP contribution in [0.15, 0.2) is 23.5 Å². The van der Waals surface area contributed by atoms with Crippen LogP contribution in [0.3, 0.4) is 0 Å². The molecular weight excluding hydrogens is 253 g/mol.